The molecule has 0 unspecified atom stereocenters. The van der Waals surface area contributed by atoms with Crippen molar-refractivity contribution in [1.82, 2.24) is 35.4 Å². The van der Waals surface area contributed by atoms with Gasteiger partial charge in [-0.25, -0.2) is 0 Å². The predicted molar refractivity (Wildman–Crippen MR) is 156 cm³/mol. The normalized spacial score (nSPS) is 22.9. The molecular weight excluding hydrogens is 518 g/mol. The predicted octanol–water partition coefficient (Wildman–Crippen LogP) is 2.19. The van der Waals surface area contributed by atoms with Crippen molar-refractivity contribution in [1.29, 1.82) is 0 Å². The van der Waals surface area contributed by atoms with E-state index in [4.69, 9.17) is 0 Å². The zero-order chi connectivity index (χ0) is 28.8. The van der Waals surface area contributed by atoms with E-state index in [0.717, 1.165) is 43.6 Å². The van der Waals surface area contributed by atoms with E-state index >= 15 is 0 Å². The number of nitrogens with zero attached hydrogens (tertiary/aromatic N) is 5. The number of hydrogen-bond acceptors (Lipinski definition) is 6. The van der Waals surface area contributed by atoms with Gasteiger partial charge in [0.25, 0.3) is 0 Å². The van der Waals surface area contributed by atoms with Crippen LogP contribution in [-0.4, -0.2) is 87.3 Å². The number of nitrogens with one attached hydrogen (secondary N) is 2. The molecule has 1 aromatic carbocycles. The lowest BCUT2D eigenvalue weighted by Crippen LogP contribution is -2.56. The largest absolute Gasteiger partial charge is 0.354 e. The van der Waals surface area contributed by atoms with Crippen LogP contribution in [0.3, 0.4) is 0 Å². The number of carbonyl (C=O) groups is 3. The zero-order valence-electron chi connectivity index (χ0n) is 24.6. The first-order valence-electron chi connectivity index (χ1n) is 15.3. The molecule has 5 rings (SSSR count). The molecule has 3 amide bonds. The maximum atomic E-state index is 14.1. The number of likely N-dealkylation sites (tertiary alicyclic amines) is 2. The average Bonchev–Trinajstić information content (AvgIpc) is 3.42. The summed E-state index contributed by atoms with van der Waals surface area (Å²) in [6, 6.07) is 9.66. The summed E-state index contributed by atoms with van der Waals surface area (Å²) in [4.78, 5) is 45.1. The number of fused-ring (bicyclic) bond motifs is 2. The van der Waals surface area contributed by atoms with Gasteiger partial charge in [0, 0.05) is 57.7 Å². The Kier molecular flexibility index (Phi) is 9.37. The van der Waals surface area contributed by atoms with Gasteiger partial charge in [0.15, 0.2) is 0 Å². The number of amides is 3. The Labute approximate surface area is 243 Å². The molecule has 0 saturated carbocycles. The second-order valence-electron chi connectivity index (χ2n) is 12.4. The SMILES string of the molecule is CC(C)N1CCC(CC(=O)N2CCC3(CC2)Cc2cn(nn2)CCCNC(=O)[C@H](Cc2ccccc2)NC3=O)CC1. The van der Waals surface area contributed by atoms with Gasteiger partial charge in [-0.15, -0.1) is 5.10 Å². The highest BCUT2D eigenvalue weighted by molar-refractivity contribution is 5.90. The number of aromatic nitrogens is 3. The van der Waals surface area contributed by atoms with E-state index in [1.807, 2.05) is 41.4 Å². The van der Waals surface area contributed by atoms with Gasteiger partial charge in [0.1, 0.15) is 6.04 Å². The molecule has 0 aliphatic carbocycles. The van der Waals surface area contributed by atoms with Crippen molar-refractivity contribution in [3.63, 3.8) is 0 Å². The van der Waals surface area contributed by atoms with Crippen LogP contribution in [0, 0.1) is 11.3 Å². The van der Waals surface area contributed by atoms with Crippen LogP contribution in [0.2, 0.25) is 0 Å². The second kappa shape index (κ2) is 13.1. The highest BCUT2D eigenvalue weighted by Crippen LogP contribution is 2.36. The topological polar surface area (TPSA) is 112 Å². The summed E-state index contributed by atoms with van der Waals surface area (Å²) in [5.74, 6) is 0.302. The monoisotopic (exact) mass is 563 g/mol. The van der Waals surface area contributed by atoms with E-state index in [-0.39, 0.29) is 17.7 Å². The molecule has 41 heavy (non-hydrogen) atoms. The van der Waals surface area contributed by atoms with Crippen molar-refractivity contribution in [3.8, 4) is 0 Å². The summed E-state index contributed by atoms with van der Waals surface area (Å²) in [6.07, 6.45) is 7.26. The van der Waals surface area contributed by atoms with Gasteiger partial charge in [0.2, 0.25) is 17.7 Å². The summed E-state index contributed by atoms with van der Waals surface area (Å²) in [5.41, 5.74) is 1.01. The lowest BCUT2D eigenvalue weighted by atomic mass is 9.73. The van der Waals surface area contributed by atoms with E-state index in [0.29, 0.717) is 70.2 Å². The highest BCUT2D eigenvalue weighted by atomic mass is 16.2. The lowest BCUT2D eigenvalue weighted by Gasteiger charge is -2.41. The van der Waals surface area contributed by atoms with Crippen LogP contribution in [0.15, 0.2) is 36.5 Å². The van der Waals surface area contributed by atoms with E-state index in [2.05, 4.69) is 39.7 Å². The molecule has 0 radical (unpaired) electrons. The first kappa shape index (κ1) is 29.2. The van der Waals surface area contributed by atoms with Crippen molar-refractivity contribution >= 4 is 17.7 Å². The third-order valence-corrected chi connectivity index (χ3v) is 9.27. The van der Waals surface area contributed by atoms with E-state index in [1.54, 1.807) is 4.68 Å². The lowest BCUT2D eigenvalue weighted by molar-refractivity contribution is -0.142. The Morgan fingerprint density at radius 2 is 1.78 bits per heavy atom. The van der Waals surface area contributed by atoms with Gasteiger partial charge in [-0.1, -0.05) is 35.5 Å². The van der Waals surface area contributed by atoms with Gasteiger partial charge >= 0.3 is 0 Å². The van der Waals surface area contributed by atoms with Gasteiger partial charge in [-0.3, -0.25) is 19.1 Å². The molecule has 3 aliphatic rings. The molecule has 2 aromatic rings. The van der Waals surface area contributed by atoms with Crippen LogP contribution in [0.25, 0.3) is 0 Å². The smallest absolute Gasteiger partial charge is 0.242 e. The Hall–Kier alpha value is -3.27. The molecule has 1 aromatic heterocycles. The van der Waals surface area contributed by atoms with Crippen molar-refractivity contribution in [3.05, 3.63) is 47.8 Å². The molecule has 2 fully saturated rings. The summed E-state index contributed by atoms with van der Waals surface area (Å²) < 4.78 is 1.79. The minimum absolute atomic E-state index is 0.143. The number of benzene rings is 1. The van der Waals surface area contributed by atoms with Gasteiger partial charge in [-0.05, 0) is 70.5 Å². The molecule has 4 heterocycles. The van der Waals surface area contributed by atoms with E-state index < -0.39 is 11.5 Å². The van der Waals surface area contributed by atoms with Gasteiger partial charge < -0.3 is 20.4 Å². The Bertz CT molecular complexity index is 1180. The number of hydrogen-bond donors (Lipinski definition) is 2. The maximum Gasteiger partial charge on any atom is 0.242 e. The average molecular weight is 564 g/mol. The highest BCUT2D eigenvalue weighted by Gasteiger charge is 2.44. The molecule has 1 atom stereocenters. The molecule has 2 bridgehead atoms. The maximum absolute atomic E-state index is 14.1. The van der Waals surface area contributed by atoms with Crippen LogP contribution >= 0.6 is 0 Å². The third kappa shape index (κ3) is 7.33. The minimum atomic E-state index is -0.760. The molecular formula is C31H45N7O3. The fraction of sp³-hybridized carbons (Fsp3) is 0.645. The van der Waals surface area contributed by atoms with Crippen molar-refractivity contribution in [2.45, 2.75) is 83.8 Å². The zero-order valence-corrected chi connectivity index (χ0v) is 24.6. The fourth-order valence-electron chi connectivity index (χ4n) is 6.54. The molecule has 10 heteroatoms. The van der Waals surface area contributed by atoms with Crippen molar-refractivity contribution in [2.24, 2.45) is 11.3 Å². The minimum Gasteiger partial charge on any atom is -0.354 e. The van der Waals surface area contributed by atoms with Gasteiger partial charge in [0.05, 0.1) is 11.1 Å². The molecule has 2 N–H and O–H groups in total. The summed E-state index contributed by atoms with van der Waals surface area (Å²) in [6.45, 7) is 8.76. The van der Waals surface area contributed by atoms with E-state index in [9.17, 15) is 14.4 Å². The first-order valence-corrected chi connectivity index (χ1v) is 15.3. The Balaban J connectivity index is 1.28. The standard InChI is InChI=1S/C31H45N7O3/c1-23(2)36-15-9-25(10-16-36)20-28(39)37-17-11-31(12-18-37)21-26-22-38(35-34-26)14-6-13-32-29(40)27(33-30(31)41)19-24-7-4-3-5-8-24/h3-5,7-8,22-23,25,27H,6,9-21H2,1-2H3,(H,32,40)(H,33,41)/t27-/m0/s1. The number of carbonyl (C=O) groups excluding carboxylic acids is 3. The molecule has 10 nitrogen and oxygen atoms in total. The fourth-order valence-corrected chi connectivity index (χ4v) is 6.54. The molecule has 1 spiro atoms. The summed E-state index contributed by atoms with van der Waals surface area (Å²) in [5, 5.41) is 14.8. The molecule has 3 aliphatic heterocycles. The Morgan fingerprint density at radius 3 is 2.49 bits per heavy atom. The summed E-state index contributed by atoms with van der Waals surface area (Å²) >= 11 is 0. The third-order valence-electron chi connectivity index (χ3n) is 9.27. The molecule has 222 valence electrons. The van der Waals surface area contributed by atoms with Crippen LogP contribution < -0.4 is 10.6 Å². The summed E-state index contributed by atoms with van der Waals surface area (Å²) in [7, 11) is 0. The van der Waals surface area contributed by atoms with Crippen molar-refractivity contribution < 1.29 is 14.4 Å². The number of rotatable bonds is 5. The quantitative estimate of drug-likeness (QED) is 0.577. The number of aryl methyl sites for hydroxylation is 1. The number of piperidine rings is 2. The van der Waals surface area contributed by atoms with Crippen LogP contribution in [0.1, 0.15) is 63.6 Å². The van der Waals surface area contributed by atoms with Crippen molar-refractivity contribution in [2.75, 3.05) is 32.7 Å². The van der Waals surface area contributed by atoms with Gasteiger partial charge in [-0.2, -0.15) is 0 Å². The Morgan fingerprint density at radius 1 is 1.05 bits per heavy atom. The first-order chi connectivity index (χ1) is 19.8. The van der Waals surface area contributed by atoms with E-state index in [1.165, 1.54) is 0 Å². The van der Waals surface area contributed by atoms with Crippen LogP contribution in [-0.2, 0) is 33.8 Å². The van der Waals surface area contributed by atoms with Crippen LogP contribution in [0.5, 0.6) is 0 Å². The second-order valence-corrected chi connectivity index (χ2v) is 12.4. The van der Waals surface area contributed by atoms with Crippen LogP contribution in [0.4, 0.5) is 0 Å². The molecule has 2 saturated heterocycles.